The molecule has 0 bridgehead atoms. The molecule has 0 aliphatic rings. The van der Waals surface area contributed by atoms with Gasteiger partial charge in [0.25, 0.3) is 0 Å². The zero-order chi connectivity index (χ0) is 21.6. The third kappa shape index (κ3) is 3.63. The lowest BCUT2D eigenvalue weighted by atomic mass is 9.96. The number of nitrogens with two attached hydrogens (primary N) is 1. The van der Waals surface area contributed by atoms with Crippen molar-refractivity contribution in [2.75, 3.05) is 5.73 Å². The number of nitrogen functional groups attached to an aromatic ring is 1. The molecule has 2 aromatic heterocycles. The maximum absolute atomic E-state index is 11.8. The van der Waals surface area contributed by atoms with Gasteiger partial charge in [-0.25, -0.2) is 15.0 Å². The van der Waals surface area contributed by atoms with Gasteiger partial charge in [-0.3, -0.25) is 4.57 Å². The third-order valence-electron chi connectivity index (χ3n) is 5.12. The minimum absolute atomic E-state index is 0.0170. The number of fused-ring (bicyclic) bond motifs is 1. The van der Waals surface area contributed by atoms with Gasteiger partial charge in [-0.05, 0) is 60.4 Å². The van der Waals surface area contributed by atoms with Crippen LogP contribution in [0.1, 0.15) is 11.1 Å². The standard InChI is InChI=1S/C21H18BrN4O3P/c1-11-12(2)18(30(27,28)29)7-6-15(11)17-9-16(13-4-3-5-14(22)8-13)19-20(23)24-10-25-21(19)26-17/h3-10H,1-2H3,(H2,27,28,29)(H2,23,24,25,26). The second-order valence-corrected chi connectivity index (χ2v) is 9.43. The second kappa shape index (κ2) is 7.56. The van der Waals surface area contributed by atoms with E-state index in [0.29, 0.717) is 28.1 Å². The second-order valence-electron chi connectivity index (χ2n) is 6.95. The summed E-state index contributed by atoms with van der Waals surface area (Å²) in [6.07, 6.45) is 1.37. The summed E-state index contributed by atoms with van der Waals surface area (Å²) < 4.78 is 12.7. The van der Waals surface area contributed by atoms with Crippen LogP contribution < -0.4 is 11.0 Å². The Balaban J connectivity index is 2.03. The first-order chi connectivity index (χ1) is 14.2. The summed E-state index contributed by atoms with van der Waals surface area (Å²) in [6, 6.07) is 12.8. The first-order valence-electron chi connectivity index (χ1n) is 9.00. The molecule has 0 radical (unpaired) electrons. The van der Waals surface area contributed by atoms with Crippen LogP contribution in [0.4, 0.5) is 5.82 Å². The maximum Gasteiger partial charge on any atom is 0.356 e. The molecule has 0 unspecified atom stereocenters. The summed E-state index contributed by atoms with van der Waals surface area (Å²) in [6.45, 7) is 3.52. The topological polar surface area (TPSA) is 122 Å². The van der Waals surface area contributed by atoms with Gasteiger partial charge in [0.05, 0.1) is 16.4 Å². The van der Waals surface area contributed by atoms with Crippen LogP contribution in [0.15, 0.2) is 53.3 Å². The highest BCUT2D eigenvalue weighted by molar-refractivity contribution is 9.10. The maximum atomic E-state index is 11.8. The average Bonchev–Trinajstić information content (AvgIpc) is 2.68. The normalized spacial score (nSPS) is 11.8. The number of pyridine rings is 1. The minimum Gasteiger partial charge on any atom is -0.383 e. The van der Waals surface area contributed by atoms with E-state index in [-0.39, 0.29) is 5.30 Å². The van der Waals surface area contributed by atoms with Crippen molar-refractivity contribution < 1.29 is 14.4 Å². The SMILES string of the molecule is Cc1c(-c2cc(-c3cccc(Br)c3)c3c(N)ncnc3n2)ccc(P(=O)(O)O)c1C. The summed E-state index contributed by atoms with van der Waals surface area (Å²) >= 11 is 3.50. The average molecular weight is 485 g/mol. The number of aromatic nitrogens is 3. The first-order valence-corrected chi connectivity index (χ1v) is 11.4. The zero-order valence-electron chi connectivity index (χ0n) is 16.2. The van der Waals surface area contributed by atoms with E-state index in [0.717, 1.165) is 26.7 Å². The van der Waals surface area contributed by atoms with E-state index < -0.39 is 7.60 Å². The van der Waals surface area contributed by atoms with Gasteiger partial charge in [-0.2, -0.15) is 0 Å². The molecule has 0 amide bonds. The molecule has 0 saturated carbocycles. The summed E-state index contributed by atoms with van der Waals surface area (Å²) in [5, 5.41) is 0.670. The van der Waals surface area contributed by atoms with Crippen LogP contribution in [0.25, 0.3) is 33.4 Å². The Kier molecular flexibility index (Phi) is 5.20. The summed E-state index contributed by atoms with van der Waals surface area (Å²) in [5.74, 6) is 0.332. The van der Waals surface area contributed by atoms with Crippen molar-refractivity contribution in [1.29, 1.82) is 0 Å². The third-order valence-corrected chi connectivity index (χ3v) is 6.72. The van der Waals surface area contributed by atoms with Gasteiger partial charge in [-0.15, -0.1) is 0 Å². The van der Waals surface area contributed by atoms with Gasteiger partial charge in [0.2, 0.25) is 0 Å². The molecule has 9 heteroatoms. The lowest BCUT2D eigenvalue weighted by molar-refractivity contribution is 0.387. The molecule has 0 spiro atoms. The molecule has 0 fully saturated rings. The largest absolute Gasteiger partial charge is 0.383 e. The van der Waals surface area contributed by atoms with Gasteiger partial charge in [0, 0.05) is 10.0 Å². The molecular formula is C21H18BrN4O3P. The van der Waals surface area contributed by atoms with Crippen LogP contribution in [0, 0.1) is 13.8 Å². The zero-order valence-corrected chi connectivity index (χ0v) is 18.6. The van der Waals surface area contributed by atoms with Crippen molar-refractivity contribution in [3.8, 4) is 22.4 Å². The monoisotopic (exact) mass is 484 g/mol. The van der Waals surface area contributed by atoms with Crippen molar-refractivity contribution >= 4 is 45.7 Å². The van der Waals surface area contributed by atoms with Gasteiger partial charge < -0.3 is 15.5 Å². The van der Waals surface area contributed by atoms with E-state index in [1.807, 2.05) is 37.3 Å². The van der Waals surface area contributed by atoms with Crippen LogP contribution in [0.5, 0.6) is 0 Å². The molecule has 0 aliphatic carbocycles. The highest BCUT2D eigenvalue weighted by atomic mass is 79.9. The Morgan fingerprint density at radius 1 is 1.00 bits per heavy atom. The number of hydrogen-bond donors (Lipinski definition) is 3. The number of nitrogens with zero attached hydrogens (tertiary/aromatic N) is 3. The number of benzene rings is 2. The number of anilines is 1. The fourth-order valence-electron chi connectivity index (χ4n) is 3.51. The van der Waals surface area contributed by atoms with Crippen molar-refractivity contribution in [2.45, 2.75) is 13.8 Å². The molecule has 30 heavy (non-hydrogen) atoms. The summed E-state index contributed by atoms with van der Waals surface area (Å²) in [5.41, 5.74) is 11.0. The Hall–Kier alpha value is -2.64. The van der Waals surface area contributed by atoms with Crippen LogP contribution in [-0.2, 0) is 4.57 Å². The van der Waals surface area contributed by atoms with Gasteiger partial charge >= 0.3 is 7.60 Å². The molecule has 4 N–H and O–H groups in total. The van der Waals surface area contributed by atoms with Crippen LogP contribution >= 0.6 is 23.5 Å². The van der Waals surface area contributed by atoms with E-state index in [1.54, 1.807) is 13.0 Å². The Labute approximate surface area is 181 Å². The highest BCUT2D eigenvalue weighted by Crippen LogP contribution is 2.39. The first kappa shape index (κ1) is 20.6. The summed E-state index contributed by atoms with van der Waals surface area (Å²) in [4.78, 5) is 32.3. The fourth-order valence-corrected chi connectivity index (χ4v) is 4.78. The van der Waals surface area contributed by atoms with Gasteiger partial charge in [0.1, 0.15) is 12.1 Å². The molecule has 152 valence electrons. The number of rotatable bonds is 3. The quantitative estimate of drug-likeness (QED) is 0.373. The van der Waals surface area contributed by atoms with Crippen molar-refractivity contribution in [2.24, 2.45) is 0 Å². The molecular weight excluding hydrogens is 467 g/mol. The highest BCUT2D eigenvalue weighted by Gasteiger charge is 2.23. The molecule has 0 aliphatic heterocycles. The molecule has 0 saturated heterocycles. The number of halogens is 1. The van der Waals surface area contributed by atoms with E-state index in [4.69, 9.17) is 5.73 Å². The summed E-state index contributed by atoms with van der Waals surface area (Å²) in [7, 11) is -4.37. The van der Waals surface area contributed by atoms with Crippen molar-refractivity contribution in [3.63, 3.8) is 0 Å². The van der Waals surface area contributed by atoms with Crippen LogP contribution in [0.2, 0.25) is 0 Å². The molecule has 0 atom stereocenters. The fraction of sp³-hybridized carbons (Fsp3) is 0.0952. The number of hydrogen-bond acceptors (Lipinski definition) is 5. The van der Waals surface area contributed by atoms with Crippen molar-refractivity contribution in [1.82, 2.24) is 15.0 Å². The van der Waals surface area contributed by atoms with Gasteiger partial charge in [-0.1, -0.05) is 34.1 Å². The van der Waals surface area contributed by atoms with E-state index in [2.05, 4.69) is 30.9 Å². The Bertz CT molecular complexity index is 1350. The predicted molar refractivity (Wildman–Crippen MR) is 121 cm³/mol. The van der Waals surface area contributed by atoms with E-state index >= 15 is 0 Å². The lowest BCUT2D eigenvalue weighted by Crippen LogP contribution is -2.11. The Morgan fingerprint density at radius 2 is 1.77 bits per heavy atom. The smallest absolute Gasteiger partial charge is 0.356 e. The van der Waals surface area contributed by atoms with E-state index in [1.165, 1.54) is 12.4 Å². The molecule has 7 nitrogen and oxygen atoms in total. The lowest BCUT2D eigenvalue weighted by Gasteiger charge is -2.16. The molecule has 4 rings (SSSR count). The minimum atomic E-state index is -4.37. The van der Waals surface area contributed by atoms with Crippen LogP contribution in [0.3, 0.4) is 0 Å². The van der Waals surface area contributed by atoms with E-state index in [9.17, 15) is 14.4 Å². The van der Waals surface area contributed by atoms with Crippen LogP contribution in [-0.4, -0.2) is 24.7 Å². The Morgan fingerprint density at radius 3 is 2.47 bits per heavy atom. The van der Waals surface area contributed by atoms with Gasteiger partial charge in [0.15, 0.2) is 5.65 Å². The van der Waals surface area contributed by atoms with Crippen molar-refractivity contribution in [3.05, 3.63) is 64.4 Å². The predicted octanol–water partition coefficient (Wildman–Crippen LogP) is 4.12. The molecule has 4 aromatic rings. The molecule has 2 heterocycles. The molecule has 2 aromatic carbocycles.